The predicted octanol–water partition coefficient (Wildman–Crippen LogP) is 6.36. The molecular weight excluding hydrogens is 381 g/mol. The summed E-state index contributed by atoms with van der Waals surface area (Å²) >= 11 is 0. The highest BCUT2D eigenvalue weighted by Gasteiger charge is 2.20. The van der Waals surface area contributed by atoms with Crippen molar-refractivity contribution in [3.05, 3.63) is 82.9 Å². The molecule has 3 aromatic carbocycles. The van der Waals surface area contributed by atoms with E-state index in [-0.39, 0.29) is 0 Å². The fourth-order valence-electron chi connectivity index (χ4n) is 4.08. The van der Waals surface area contributed by atoms with Crippen molar-refractivity contribution in [2.24, 2.45) is 5.92 Å². The van der Waals surface area contributed by atoms with Crippen LogP contribution in [0.25, 0.3) is 22.3 Å². The van der Waals surface area contributed by atoms with Gasteiger partial charge in [0.05, 0.1) is 0 Å². The van der Waals surface area contributed by atoms with Crippen molar-refractivity contribution in [3.8, 4) is 22.3 Å². The summed E-state index contributed by atoms with van der Waals surface area (Å²) in [6.07, 6.45) is 5.66. The lowest BCUT2D eigenvalue weighted by molar-refractivity contribution is 0.639. The Kier molecular flexibility index (Phi) is 6.09. The minimum atomic E-state index is 0.803. The molecule has 27 heavy (non-hydrogen) atoms. The third-order valence-corrected chi connectivity index (χ3v) is 7.24. The van der Waals surface area contributed by atoms with Crippen LogP contribution in [0.2, 0.25) is 0 Å². The van der Waals surface area contributed by atoms with E-state index in [9.17, 15) is 0 Å². The normalized spacial score (nSPS) is 15.7. The average molecular weight is 408 g/mol. The van der Waals surface area contributed by atoms with Gasteiger partial charge in [-0.2, -0.15) is 0 Å². The Morgan fingerprint density at radius 3 is 1.74 bits per heavy atom. The second kappa shape index (κ2) is 8.53. The lowest BCUT2D eigenvalue weighted by atomic mass is 9.96. The Hall–Kier alpha value is -1.05. The van der Waals surface area contributed by atoms with Crippen molar-refractivity contribution >= 4 is 27.7 Å². The molecule has 0 saturated carbocycles. The molecule has 0 aromatic heterocycles. The van der Waals surface area contributed by atoms with Crippen LogP contribution in [-0.4, -0.2) is 6.16 Å². The van der Waals surface area contributed by atoms with Gasteiger partial charge in [-0.25, -0.2) is 0 Å². The van der Waals surface area contributed by atoms with Gasteiger partial charge in [0.15, 0.2) is 0 Å². The van der Waals surface area contributed by atoms with Gasteiger partial charge < -0.3 is 0 Å². The summed E-state index contributed by atoms with van der Waals surface area (Å²) in [7, 11) is 8.57. The first-order valence-corrected chi connectivity index (χ1v) is 12.1. The fraction of sp³-hybridized carbons (Fsp3) is 0.250. The summed E-state index contributed by atoms with van der Waals surface area (Å²) in [5.74, 6) is 0.803. The second-order valence-corrected chi connectivity index (χ2v) is 8.81. The van der Waals surface area contributed by atoms with Gasteiger partial charge in [-0.3, -0.25) is 0 Å². The second-order valence-electron chi connectivity index (χ2n) is 7.52. The molecule has 0 N–H and O–H groups in total. The van der Waals surface area contributed by atoms with Crippen molar-refractivity contribution in [3.63, 3.8) is 0 Å². The van der Waals surface area contributed by atoms with E-state index in [1.54, 1.807) is 11.1 Å². The topological polar surface area (TPSA) is 0 Å². The molecule has 0 saturated heterocycles. The molecule has 3 aromatic rings. The Labute approximate surface area is 170 Å². The quantitative estimate of drug-likeness (QED) is 0.431. The van der Waals surface area contributed by atoms with Gasteiger partial charge in [0, 0.05) is 0 Å². The summed E-state index contributed by atoms with van der Waals surface area (Å²) in [6, 6.07) is 23.0. The van der Waals surface area contributed by atoms with Gasteiger partial charge in [0.2, 0.25) is 0 Å². The van der Waals surface area contributed by atoms with Gasteiger partial charge in [-0.05, 0) is 81.8 Å². The summed E-state index contributed by atoms with van der Waals surface area (Å²) in [6.45, 7) is 0. The molecule has 0 spiro atoms. The zero-order valence-corrected chi connectivity index (χ0v) is 19.1. The largest absolute Gasteiger partial charge is 0.137 e. The molecule has 138 valence electrons. The van der Waals surface area contributed by atoms with Gasteiger partial charge in [0.1, 0.15) is 0 Å². The highest BCUT2D eigenvalue weighted by Crippen LogP contribution is 2.33. The van der Waals surface area contributed by atoms with Crippen molar-refractivity contribution < 1.29 is 0 Å². The van der Waals surface area contributed by atoms with Crippen molar-refractivity contribution in [1.82, 2.24) is 0 Å². The van der Waals surface area contributed by atoms with Crippen molar-refractivity contribution in [2.75, 3.05) is 6.16 Å². The highest BCUT2D eigenvalue weighted by molar-refractivity contribution is 7.16. The smallest absolute Gasteiger partial charge is 0.0128 e. The summed E-state index contributed by atoms with van der Waals surface area (Å²) in [4.78, 5) is 0. The van der Waals surface area contributed by atoms with E-state index in [2.05, 4.69) is 88.4 Å². The zero-order chi connectivity index (χ0) is 18.8. The molecule has 0 radical (unpaired) electrons. The molecule has 3 heteroatoms. The van der Waals surface area contributed by atoms with Crippen LogP contribution in [0.3, 0.4) is 0 Å². The lowest BCUT2D eigenvalue weighted by Gasteiger charge is -2.10. The van der Waals surface area contributed by atoms with E-state index in [1.807, 2.05) is 0 Å². The molecule has 4 atom stereocenters. The third-order valence-electron chi connectivity index (χ3n) is 5.63. The Bertz CT molecular complexity index is 922. The van der Waals surface area contributed by atoms with Crippen LogP contribution >= 0.6 is 27.7 Å². The maximum atomic E-state index is 2.90. The van der Waals surface area contributed by atoms with Crippen LogP contribution < -0.4 is 0 Å². The molecule has 1 aliphatic rings. The first-order valence-electron chi connectivity index (χ1n) is 9.66. The van der Waals surface area contributed by atoms with E-state index >= 15 is 0 Å². The number of benzene rings is 3. The van der Waals surface area contributed by atoms with Gasteiger partial charge in [-0.15, -0.1) is 27.7 Å². The predicted molar refractivity (Wildman–Crippen MR) is 130 cm³/mol. The van der Waals surface area contributed by atoms with Crippen LogP contribution in [0.5, 0.6) is 0 Å². The average Bonchev–Trinajstić information content (AvgIpc) is 3.16. The summed E-state index contributed by atoms with van der Waals surface area (Å²) in [5, 5.41) is 0. The molecule has 0 bridgehead atoms. The monoisotopic (exact) mass is 408 g/mol. The molecule has 0 fully saturated rings. The van der Waals surface area contributed by atoms with E-state index in [4.69, 9.17) is 0 Å². The van der Waals surface area contributed by atoms with Crippen LogP contribution in [0.4, 0.5) is 0 Å². The molecule has 4 rings (SSSR count). The molecular formula is C24H27P3. The number of fused-ring (bicyclic) bond motifs is 1. The summed E-state index contributed by atoms with van der Waals surface area (Å²) < 4.78 is 0. The maximum Gasteiger partial charge on any atom is -0.0128 e. The molecule has 0 nitrogen and oxygen atoms in total. The maximum absolute atomic E-state index is 2.90. The third kappa shape index (κ3) is 4.20. The minimum absolute atomic E-state index is 0.803. The first-order chi connectivity index (χ1) is 13.2. The molecule has 0 heterocycles. The van der Waals surface area contributed by atoms with Gasteiger partial charge >= 0.3 is 0 Å². The first kappa shape index (κ1) is 19.3. The van der Waals surface area contributed by atoms with Crippen LogP contribution in [-0.2, 0) is 25.2 Å². The van der Waals surface area contributed by atoms with Gasteiger partial charge in [-0.1, -0.05) is 60.7 Å². The molecule has 0 aliphatic heterocycles. The Morgan fingerprint density at radius 1 is 0.593 bits per heavy atom. The highest BCUT2D eigenvalue weighted by atomic mass is 31.0. The number of rotatable bonds is 5. The number of hydrogen-bond acceptors (Lipinski definition) is 0. The van der Waals surface area contributed by atoms with Crippen molar-refractivity contribution in [2.45, 2.75) is 25.2 Å². The minimum Gasteiger partial charge on any atom is -0.137 e. The Morgan fingerprint density at radius 2 is 1.15 bits per heavy atom. The van der Waals surface area contributed by atoms with E-state index < -0.39 is 0 Å². The molecule has 4 unspecified atom stereocenters. The van der Waals surface area contributed by atoms with E-state index in [1.165, 1.54) is 52.4 Å². The SMILES string of the molecule is PCc1cc(CP)cc(-c2ccc(-c3ccc4c(c3)CC(CP)C4)cc2)c1. The fourth-order valence-corrected chi connectivity index (χ4v) is 4.88. The lowest BCUT2D eigenvalue weighted by Crippen LogP contribution is -1.99. The van der Waals surface area contributed by atoms with E-state index in [0.29, 0.717) is 0 Å². The standard InChI is InChI=1S/C24H27P3/c25-13-16-7-17(14-26)10-23(9-16)20-3-1-19(2-4-20)22-6-5-21-8-18(15-27)11-24(21)12-22/h1-7,9-10,12,18H,8,11,13-15,25-27H2. The van der Waals surface area contributed by atoms with Crippen LogP contribution in [0, 0.1) is 5.92 Å². The van der Waals surface area contributed by atoms with Crippen LogP contribution in [0.15, 0.2) is 60.7 Å². The summed E-state index contributed by atoms with van der Waals surface area (Å²) in [5.41, 5.74) is 11.1. The van der Waals surface area contributed by atoms with Crippen LogP contribution in [0.1, 0.15) is 22.3 Å². The zero-order valence-electron chi connectivity index (χ0n) is 15.6. The van der Waals surface area contributed by atoms with Gasteiger partial charge in [0.25, 0.3) is 0 Å². The Balaban J connectivity index is 1.62. The van der Waals surface area contributed by atoms with Crippen molar-refractivity contribution in [1.29, 1.82) is 0 Å². The van der Waals surface area contributed by atoms with E-state index in [0.717, 1.165) is 18.2 Å². The molecule has 1 aliphatic carbocycles. The molecule has 0 amide bonds. The number of hydrogen-bond donors (Lipinski definition) is 0.